The summed E-state index contributed by atoms with van der Waals surface area (Å²) in [7, 11) is 1.57. The van der Waals surface area contributed by atoms with Gasteiger partial charge in [-0.3, -0.25) is 9.59 Å². The molecule has 8 nitrogen and oxygen atoms in total. The van der Waals surface area contributed by atoms with Crippen molar-refractivity contribution >= 4 is 62.2 Å². The Hall–Kier alpha value is -2.56. The summed E-state index contributed by atoms with van der Waals surface area (Å²) in [5.41, 5.74) is 1.25. The average molecular weight is 423 g/mol. The number of halogens is 1. The van der Waals surface area contributed by atoms with Crippen molar-refractivity contribution in [2.75, 3.05) is 17.7 Å². The molecule has 0 aliphatic heterocycles. The normalized spacial score (nSPS) is 10.4. The molecule has 0 spiro atoms. The van der Waals surface area contributed by atoms with Crippen molar-refractivity contribution in [1.29, 1.82) is 0 Å². The fourth-order valence-corrected chi connectivity index (χ4v) is 3.59. The van der Waals surface area contributed by atoms with Crippen LogP contribution >= 0.6 is 34.3 Å². The quantitative estimate of drug-likeness (QED) is 0.540. The molecule has 3 rings (SSSR count). The van der Waals surface area contributed by atoms with Crippen LogP contribution in [0.5, 0.6) is 0 Å². The van der Waals surface area contributed by atoms with Gasteiger partial charge < -0.3 is 16.0 Å². The molecule has 0 aliphatic rings. The first-order chi connectivity index (χ1) is 13.0. The predicted octanol–water partition coefficient (Wildman–Crippen LogP) is 2.86. The zero-order valence-corrected chi connectivity index (χ0v) is 16.5. The molecule has 0 aromatic carbocycles. The minimum Gasteiger partial charge on any atom is -0.359 e. The van der Waals surface area contributed by atoms with E-state index in [1.54, 1.807) is 29.9 Å². The van der Waals surface area contributed by atoms with Crippen LogP contribution in [0.15, 0.2) is 29.1 Å². The van der Waals surface area contributed by atoms with Crippen LogP contribution in [0.3, 0.4) is 0 Å². The van der Waals surface area contributed by atoms with E-state index in [0.717, 1.165) is 0 Å². The number of pyridine rings is 1. The van der Waals surface area contributed by atoms with Crippen molar-refractivity contribution < 1.29 is 9.59 Å². The molecule has 3 N–H and O–H groups in total. The number of carbonyl (C=O) groups is 2. The van der Waals surface area contributed by atoms with Gasteiger partial charge in [0.2, 0.25) is 11.8 Å². The number of likely N-dealkylation sites (N-methyl/N-ethyl adjacent to an activating group) is 1. The van der Waals surface area contributed by atoms with Crippen LogP contribution in [0.4, 0.5) is 16.1 Å². The maximum absolute atomic E-state index is 12.2. The van der Waals surface area contributed by atoms with Crippen LogP contribution in [0, 0.1) is 0 Å². The van der Waals surface area contributed by atoms with Gasteiger partial charge in [-0.15, -0.1) is 22.7 Å². The first kappa shape index (κ1) is 19.2. The molecule has 0 bridgehead atoms. The largest absolute Gasteiger partial charge is 0.359 e. The molecule has 11 heteroatoms. The molecule has 0 atom stereocenters. The number of amides is 2. The number of nitrogens with one attached hydrogen (secondary N) is 3. The first-order valence-corrected chi connectivity index (χ1v) is 9.93. The SMILES string of the molecule is CNC(=O)Cc1csc(NC(=O)Cc2csc(Nc3ccc(Cl)cn3)n2)n1. The molecular weight excluding hydrogens is 408 g/mol. The zero-order chi connectivity index (χ0) is 19.2. The summed E-state index contributed by atoms with van der Waals surface area (Å²) in [5.74, 6) is 0.268. The second-order valence-corrected chi connectivity index (χ2v) is 7.50. The first-order valence-electron chi connectivity index (χ1n) is 7.79. The third-order valence-electron chi connectivity index (χ3n) is 3.27. The second kappa shape index (κ2) is 8.89. The molecule has 0 fully saturated rings. The summed E-state index contributed by atoms with van der Waals surface area (Å²) in [6.45, 7) is 0. The summed E-state index contributed by atoms with van der Waals surface area (Å²) in [6, 6.07) is 3.47. The summed E-state index contributed by atoms with van der Waals surface area (Å²) < 4.78 is 0. The van der Waals surface area contributed by atoms with Gasteiger partial charge in [0.25, 0.3) is 0 Å². The van der Waals surface area contributed by atoms with Crippen molar-refractivity contribution in [1.82, 2.24) is 20.3 Å². The van der Waals surface area contributed by atoms with Crippen LogP contribution in [0.2, 0.25) is 5.02 Å². The molecule has 140 valence electrons. The van der Waals surface area contributed by atoms with Crippen LogP contribution in [0.1, 0.15) is 11.4 Å². The van der Waals surface area contributed by atoms with Crippen molar-refractivity contribution in [3.8, 4) is 0 Å². The molecule has 0 saturated heterocycles. The van der Waals surface area contributed by atoms with E-state index in [0.29, 0.717) is 32.5 Å². The highest BCUT2D eigenvalue weighted by Gasteiger charge is 2.12. The van der Waals surface area contributed by atoms with E-state index in [1.165, 1.54) is 28.9 Å². The second-order valence-electron chi connectivity index (χ2n) is 5.35. The lowest BCUT2D eigenvalue weighted by molar-refractivity contribution is -0.120. The van der Waals surface area contributed by atoms with Crippen LogP contribution in [0.25, 0.3) is 0 Å². The van der Waals surface area contributed by atoms with E-state index < -0.39 is 0 Å². The van der Waals surface area contributed by atoms with E-state index in [-0.39, 0.29) is 24.7 Å². The number of aromatic nitrogens is 3. The van der Waals surface area contributed by atoms with Gasteiger partial charge in [-0.25, -0.2) is 15.0 Å². The Kier molecular flexibility index (Phi) is 6.32. The fourth-order valence-electron chi connectivity index (χ4n) is 2.03. The van der Waals surface area contributed by atoms with E-state index in [2.05, 4.69) is 30.9 Å². The third-order valence-corrected chi connectivity index (χ3v) is 5.11. The van der Waals surface area contributed by atoms with Crippen molar-refractivity contribution in [3.63, 3.8) is 0 Å². The Morgan fingerprint density at radius 1 is 1.04 bits per heavy atom. The van der Waals surface area contributed by atoms with Crippen LogP contribution in [-0.4, -0.2) is 33.8 Å². The highest BCUT2D eigenvalue weighted by atomic mass is 35.5. The molecule has 2 amide bonds. The molecule has 3 aromatic heterocycles. The number of thiazole rings is 2. The lowest BCUT2D eigenvalue weighted by Gasteiger charge is -2.01. The predicted molar refractivity (Wildman–Crippen MR) is 107 cm³/mol. The summed E-state index contributed by atoms with van der Waals surface area (Å²) in [5, 5.41) is 13.5. The molecule has 3 aromatic rings. The maximum Gasteiger partial charge on any atom is 0.232 e. The number of rotatable bonds is 7. The van der Waals surface area contributed by atoms with E-state index in [4.69, 9.17) is 11.6 Å². The Morgan fingerprint density at radius 2 is 1.70 bits per heavy atom. The summed E-state index contributed by atoms with van der Waals surface area (Å²) in [6.07, 6.45) is 1.84. The monoisotopic (exact) mass is 422 g/mol. The lowest BCUT2D eigenvalue weighted by Crippen LogP contribution is -2.20. The molecule has 0 unspecified atom stereocenters. The number of anilines is 3. The number of hydrogen-bond donors (Lipinski definition) is 3. The van der Waals surface area contributed by atoms with Gasteiger partial charge in [-0.05, 0) is 12.1 Å². The number of carbonyl (C=O) groups excluding carboxylic acids is 2. The average Bonchev–Trinajstić information content (AvgIpc) is 3.26. The van der Waals surface area contributed by atoms with E-state index >= 15 is 0 Å². The molecular formula is C16H15ClN6O2S2. The molecule has 0 aliphatic carbocycles. The Labute approximate surface area is 168 Å². The van der Waals surface area contributed by atoms with E-state index in [9.17, 15) is 9.59 Å². The molecule has 3 heterocycles. The van der Waals surface area contributed by atoms with Gasteiger partial charge in [0.1, 0.15) is 5.82 Å². The van der Waals surface area contributed by atoms with Gasteiger partial charge in [0, 0.05) is 24.0 Å². The van der Waals surface area contributed by atoms with E-state index in [1.807, 2.05) is 0 Å². The van der Waals surface area contributed by atoms with Crippen LogP contribution in [-0.2, 0) is 22.4 Å². The van der Waals surface area contributed by atoms with Gasteiger partial charge >= 0.3 is 0 Å². The van der Waals surface area contributed by atoms with Crippen LogP contribution < -0.4 is 16.0 Å². The Balaban J connectivity index is 1.53. The van der Waals surface area contributed by atoms with Gasteiger partial charge in [-0.1, -0.05) is 11.6 Å². The third kappa shape index (κ3) is 5.71. The van der Waals surface area contributed by atoms with Crippen molar-refractivity contribution in [2.45, 2.75) is 12.8 Å². The fraction of sp³-hybridized carbons (Fsp3) is 0.188. The Morgan fingerprint density at radius 3 is 2.37 bits per heavy atom. The van der Waals surface area contributed by atoms with Gasteiger partial charge in [0.05, 0.1) is 29.3 Å². The molecule has 0 radical (unpaired) electrons. The minimum absolute atomic E-state index is 0.122. The lowest BCUT2D eigenvalue weighted by atomic mass is 10.3. The highest BCUT2D eigenvalue weighted by molar-refractivity contribution is 7.14. The zero-order valence-electron chi connectivity index (χ0n) is 14.2. The van der Waals surface area contributed by atoms with Crippen molar-refractivity contribution in [2.24, 2.45) is 0 Å². The van der Waals surface area contributed by atoms with Gasteiger partial charge in [-0.2, -0.15) is 0 Å². The summed E-state index contributed by atoms with van der Waals surface area (Å²) in [4.78, 5) is 36.2. The summed E-state index contributed by atoms with van der Waals surface area (Å²) >= 11 is 8.46. The minimum atomic E-state index is -0.225. The highest BCUT2D eigenvalue weighted by Crippen LogP contribution is 2.21. The Bertz CT molecular complexity index is 941. The number of nitrogens with zero attached hydrogens (tertiary/aromatic N) is 3. The molecule has 0 saturated carbocycles. The van der Waals surface area contributed by atoms with Crippen molar-refractivity contribution in [3.05, 3.63) is 45.5 Å². The smallest absolute Gasteiger partial charge is 0.232 e. The topological polar surface area (TPSA) is 109 Å². The maximum atomic E-state index is 12.2. The molecule has 27 heavy (non-hydrogen) atoms. The van der Waals surface area contributed by atoms with Gasteiger partial charge in [0.15, 0.2) is 10.3 Å². The number of hydrogen-bond acceptors (Lipinski definition) is 8. The standard InChI is InChI=1S/C16H15ClN6O2S2/c1-18-13(24)4-10-7-27-16(21-10)23-14(25)5-11-8-26-15(20-11)22-12-3-2-9(17)6-19-12/h2-3,6-8H,4-5H2,1H3,(H,18,24)(H,19,20,22)(H,21,23,25).